The number of benzene rings is 1. The lowest BCUT2D eigenvalue weighted by Gasteiger charge is -2.33. The first-order chi connectivity index (χ1) is 13.0. The molecule has 0 aliphatic carbocycles. The van der Waals surface area contributed by atoms with Gasteiger partial charge in [0, 0.05) is 44.0 Å². The summed E-state index contributed by atoms with van der Waals surface area (Å²) in [6.07, 6.45) is -0.306. The van der Waals surface area contributed by atoms with Crippen molar-refractivity contribution in [3.05, 3.63) is 12.1 Å². The lowest BCUT2D eigenvalue weighted by atomic mass is 10.2. The summed E-state index contributed by atoms with van der Waals surface area (Å²) in [5.41, 5.74) is 0.555. The molecule has 27 heavy (non-hydrogen) atoms. The van der Waals surface area contributed by atoms with Gasteiger partial charge in [-0.2, -0.15) is 0 Å². The SMILES string of the molecule is CCOC(=O)N1CCN(CC(=O)Nc2cc(OC)c(OC)c(OC)c2)CC1. The van der Waals surface area contributed by atoms with Crippen LogP contribution in [0.3, 0.4) is 0 Å². The molecule has 0 saturated carbocycles. The maximum absolute atomic E-state index is 12.4. The zero-order valence-corrected chi connectivity index (χ0v) is 16.2. The molecule has 0 bridgehead atoms. The second-order valence-corrected chi connectivity index (χ2v) is 5.92. The van der Waals surface area contributed by atoms with Crippen molar-refractivity contribution in [3.63, 3.8) is 0 Å². The molecular weight excluding hydrogens is 354 g/mol. The Morgan fingerprint density at radius 2 is 1.59 bits per heavy atom. The maximum Gasteiger partial charge on any atom is 0.409 e. The van der Waals surface area contributed by atoms with Crippen LogP contribution in [0.15, 0.2) is 12.1 Å². The van der Waals surface area contributed by atoms with Crippen LogP contribution in [-0.2, 0) is 9.53 Å². The third-order valence-electron chi connectivity index (χ3n) is 4.21. The fourth-order valence-corrected chi connectivity index (χ4v) is 2.86. The zero-order chi connectivity index (χ0) is 19.8. The van der Waals surface area contributed by atoms with Gasteiger partial charge in [0.2, 0.25) is 11.7 Å². The normalized spacial score (nSPS) is 14.4. The van der Waals surface area contributed by atoms with Crippen molar-refractivity contribution in [1.29, 1.82) is 0 Å². The Hall–Kier alpha value is -2.68. The van der Waals surface area contributed by atoms with E-state index in [1.54, 1.807) is 24.0 Å². The van der Waals surface area contributed by atoms with Gasteiger partial charge in [-0.05, 0) is 6.92 Å². The summed E-state index contributed by atoms with van der Waals surface area (Å²) in [5, 5.41) is 2.84. The predicted octanol–water partition coefficient (Wildman–Crippen LogP) is 1.42. The average Bonchev–Trinajstić information content (AvgIpc) is 2.67. The highest BCUT2D eigenvalue weighted by molar-refractivity contribution is 5.93. The smallest absolute Gasteiger partial charge is 0.409 e. The number of carbonyl (C=O) groups excluding carboxylic acids is 2. The highest BCUT2D eigenvalue weighted by atomic mass is 16.6. The Morgan fingerprint density at radius 3 is 2.07 bits per heavy atom. The van der Waals surface area contributed by atoms with Gasteiger partial charge in [-0.3, -0.25) is 9.69 Å². The van der Waals surface area contributed by atoms with E-state index in [-0.39, 0.29) is 18.5 Å². The van der Waals surface area contributed by atoms with Gasteiger partial charge in [0.15, 0.2) is 11.5 Å². The van der Waals surface area contributed by atoms with E-state index in [0.29, 0.717) is 55.7 Å². The molecule has 1 heterocycles. The van der Waals surface area contributed by atoms with E-state index in [0.717, 1.165) is 0 Å². The van der Waals surface area contributed by atoms with E-state index in [4.69, 9.17) is 18.9 Å². The fraction of sp³-hybridized carbons (Fsp3) is 0.556. The van der Waals surface area contributed by atoms with Crippen molar-refractivity contribution in [2.45, 2.75) is 6.92 Å². The third kappa shape index (κ3) is 5.40. The molecule has 1 fully saturated rings. The van der Waals surface area contributed by atoms with E-state index in [2.05, 4.69) is 5.32 Å². The van der Waals surface area contributed by atoms with Gasteiger partial charge in [-0.1, -0.05) is 0 Å². The minimum atomic E-state index is -0.306. The molecule has 0 atom stereocenters. The molecule has 150 valence electrons. The molecular formula is C18H27N3O6. The van der Waals surface area contributed by atoms with Crippen molar-refractivity contribution < 1.29 is 28.5 Å². The van der Waals surface area contributed by atoms with Gasteiger partial charge >= 0.3 is 6.09 Å². The quantitative estimate of drug-likeness (QED) is 0.764. The second-order valence-electron chi connectivity index (χ2n) is 5.92. The van der Waals surface area contributed by atoms with Crippen LogP contribution < -0.4 is 19.5 Å². The van der Waals surface area contributed by atoms with Crippen LogP contribution in [0.4, 0.5) is 10.5 Å². The molecule has 0 unspecified atom stereocenters. The van der Waals surface area contributed by atoms with Crippen LogP contribution in [0.1, 0.15) is 6.92 Å². The second kappa shape index (κ2) is 9.86. The predicted molar refractivity (Wildman–Crippen MR) is 99.8 cm³/mol. The first-order valence-corrected chi connectivity index (χ1v) is 8.76. The molecule has 9 nitrogen and oxygen atoms in total. The Kier molecular flexibility index (Phi) is 7.54. The maximum atomic E-state index is 12.4. The summed E-state index contributed by atoms with van der Waals surface area (Å²) in [5.74, 6) is 1.24. The molecule has 1 aromatic carbocycles. The molecule has 2 amide bonds. The van der Waals surface area contributed by atoms with Crippen LogP contribution in [0.2, 0.25) is 0 Å². The standard InChI is InChI=1S/C18H27N3O6/c1-5-27-18(23)21-8-6-20(7-9-21)12-16(22)19-13-10-14(24-2)17(26-4)15(11-13)25-3/h10-11H,5-9,12H2,1-4H3,(H,19,22). The number of hydrogen-bond donors (Lipinski definition) is 1. The van der Waals surface area contributed by atoms with Crippen LogP contribution >= 0.6 is 0 Å². The molecule has 9 heteroatoms. The number of hydrogen-bond acceptors (Lipinski definition) is 7. The topological polar surface area (TPSA) is 89.6 Å². The lowest BCUT2D eigenvalue weighted by Crippen LogP contribution is -2.50. The van der Waals surface area contributed by atoms with Gasteiger partial charge < -0.3 is 29.2 Å². The summed E-state index contributed by atoms with van der Waals surface area (Å²) >= 11 is 0. The lowest BCUT2D eigenvalue weighted by molar-refractivity contribution is -0.117. The van der Waals surface area contributed by atoms with Crippen molar-refractivity contribution in [2.75, 3.05) is 66.0 Å². The summed E-state index contributed by atoms with van der Waals surface area (Å²) in [6.45, 7) is 4.67. The highest BCUT2D eigenvalue weighted by Gasteiger charge is 2.23. The highest BCUT2D eigenvalue weighted by Crippen LogP contribution is 2.39. The average molecular weight is 381 g/mol. The summed E-state index contributed by atoms with van der Waals surface area (Å²) < 4.78 is 20.8. The molecule has 0 spiro atoms. The molecule has 1 N–H and O–H groups in total. The van der Waals surface area contributed by atoms with Crippen LogP contribution in [0.5, 0.6) is 17.2 Å². The Morgan fingerprint density at radius 1 is 1.00 bits per heavy atom. The Labute approximate surface area is 159 Å². The molecule has 0 radical (unpaired) electrons. The van der Waals surface area contributed by atoms with Crippen molar-refractivity contribution >= 4 is 17.7 Å². The Balaban J connectivity index is 1.92. The van der Waals surface area contributed by atoms with Gasteiger partial charge in [-0.25, -0.2) is 4.79 Å². The first-order valence-electron chi connectivity index (χ1n) is 8.76. The minimum absolute atomic E-state index is 0.158. The number of piperazine rings is 1. The van der Waals surface area contributed by atoms with Crippen LogP contribution in [-0.4, -0.2) is 82.5 Å². The monoisotopic (exact) mass is 381 g/mol. The largest absolute Gasteiger partial charge is 0.493 e. The van der Waals surface area contributed by atoms with E-state index in [1.807, 2.05) is 4.90 Å². The van der Waals surface area contributed by atoms with Gasteiger partial charge in [0.25, 0.3) is 0 Å². The van der Waals surface area contributed by atoms with Crippen molar-refractivity contribution in [1.82, 2.24) is 9.80 Å². The summed E-state index contributed by atoms with van der Waals surface area (Å²) in [4.78, 5) is 27.7. The Bertz CT molecular complexity index is 633. The molecule has 1 aliphatic rings. The van der Waals surface area contributed by atoms with Crippen LogP contribution in [0.25, 0.3) is 0 Å². The number of nitrogens with one attached hydrogen (secondary N) is 1. The number of carbonyl (C=O) groups is 2. The third-order valence-corrected chi connectivity index (χ3v) is 4.21. The molecule has 1 saturated heterocycles. The molecule has 1 aliphatic heterocycles. The number of amides is 2. The van der Waals surface area contributed by atoms with E-state index >= 15 is 0 Å². The van der Waals surface area contributed by atoms with Crippen LogP contribution in [0, 0.1) is 0 Å². The zero-order valence-electron chi connectivity index (χ0n) is 16.2. The van der Waals surface area contributed by atoms with Gasteiger partial charge in [0.05, 0.1) is 34.5 Å². The van der Waals surface area contributed by atoms with E-state index in [9.17, 15) is 9.59 Å². The number of anilines is 1. The fourth-order valence-electron chi connectivity index (χ4n) is 2.86. The molecule has 1 aromatic rings. The number of nitrogens with zero attached hydrogens (tertiary/aromatic N) is 2. The number of ether oxygens (including phenoxy) is 4. The number of methoxy groups -OCH3 is 3. The van der Waals surface area contributed by atoms with E-state index < -0.39 is 0 Å². The summed E-state index contributed by atoms with van der Waals surface area (Å²) in [7, 11) is 4.56. The van der Waals surface area contributed by atoms with Crippen molar-refractivity contribution in [2.24, 2.45) is 0 Å². The van der Waals surface area contributed by atoms with E-state index in [1.165, 1.54) is 21.3 Å². The van der Waals surface area contributed by atoms with Gasteiger partial charge in [0.1, 0.15) is 0 Å². The minimum Gasteiger partial charge on any atom is -0.493 e. The molecule has 0 aromatic heterocycles. The molecule has 2 rings (SSSR count). The number of rotatable bonds is 7. The first kappa shape index (κ1) is 20.6. The summed E-state index contributed by atoms with van der Waals surface area (Å²) in [6, 6.07) is 3.36. The van der Waals surface area contributed by atoms with Crippen molar-refractivity contribution in [3.8, 4) is 17.2 Å². The van der Waals surface area contributed by atoms with Gasteiger partial charge in [-0.15, -0.1) is 0 Å².